The molecule has 2 N–H and O–H groups in total. The number of rotatable bonds is 8. The molecule has 31 heavy (non-hydrogen) atoms. The van der Waals surface area contributed by atoms with Gasteiger partial charge in [-0.25, -0.2) is 29.2 Å². The number of nitrogens with zero attached hydrogens (tertiary/aromatic N) is 4. The number of methoxy groups -OCH3 is 1. The van der Waals surface area contributed by atoms with Crippen LogP contribution in [0.1, 0.15) is 37.9 Å². The average molecular weight is 428 g/mol. The molecule has 4 rings (SSSR count). The fourth-order valence-corrected chi connectivity index (χ4v) is 3.24. The summed E-state index contributed by atoms with van der Waals surface area (Å²) in [5, 5.41) is 7.64. The van der Waals surface area contributed by atoms with Gasteiger partial charge in [-0.2, -0.15) is 5.10 Å². The predicted octanol–water partition coefficient (Wildman–Crippen LogP) is 3.08. The lowest BCUT2D eigenvalue weighted by Crippen LogP contribution is -2.23. The summed E-state index contributed by atoms with van der Waals surface area (Å²) in [5.74, 6) is 1.43. The topological polar surface area (TPSA) is 94.3 Å². The van der Waals surface area contributed by atoms with Crippen LogP contribution in [0, 0.1) is 5.82 Å². The fraction of sp³-hybridized carbons (Fsp3) is 0.381. The van der Waals surface area contributed by atoms with Gasteiger partial charge in [-0.3, -0.25) is 0 Å². The Kier molecular flexibility index (Phi) is 5.75. The van der Waals surface area contributed by atoms with E-state index in [0.29, 0.717) is 41.8 Å². The quantitative estimate of drug-likeness (QED) is 0.533. The maximum Gasteiger partial charge on any atom is 0.182 e. The number of amidine groups is 1. The van der Waals surface area contributed by atoms with E-state index in [0.717, 1.165) is 5.56 Å². The molecule has 2 aromatic heterocycles. The summed E-state index contributed by atoms with van der Waals surface area (Å²) in [7, 11) is 1.60. The molecular weight excluding hydrogens is 403 g/mol. The van der Waals surface area contributed by atoms with Gasteiger partial charge in [0, 0.05) is 18.9 Å². The summed E-state index contributed by atoms with van der Waals surface area (Å²) in [5.41, 5.74) is 4.19. The summed E-state index contributed by atoms with van der Waals surface area (Å²) in [6.07, 6.45) is 3.48. The lowest BCUT2D eigenvalue weighted by atomic mass is 10.1. The van der Waals surface area contributed by atoms with Gasteiger partial charge in [0.1, 0.15) is 24.0 Å². The van der Waals surface area contributed by atoms with E-state index >= 15 is 0 Å². The van der Waals surface area contributed by atoms with Crippen LogP contribution in [0.4, 0.5) is 10.2 Å². The van der Waals surface area contributed by atoms with Crippen molar-refractivity contribution in [2.24, 2.45) is 4.99 Å². The number of aromatic nitrogens is 3. The van der Waals surface area contributed by atoms with Crippen molar-refractivity contribution in [3.05, 3.63) is 53.6 Å². The highest BCUT2D eigenvalue weighted by Crippen LogP contribution is 2.29. The first-order valence-corrected chi connectivity index (χ1v) is 9.92. The van der Waals surface area contributed by atoms with E-state index in [9.17, 15) is 4.39 Å². The van der Waals surface area contributed by atoms with Crippen LogP contribution >= 0.6 is 0 Å². The Morgan fingerprint density at radius 1 is 1.29 bits per heavy atom. The molecule has 164 valence electrons. The summed E-state index contributed by atoms with van der Waals surface area (Å²) in [4.78, 5) is 14.6. The van der Waals surface area contributed by atoms with Crippen molar-refractivity contribution in [2.45, 2.75) is 32.5 Å². The molecular formula is C21H25FN6O3. The molecule has 1 aliphatic heterocycles. The van der Waals surface area contributed by atoms with Gasteiger partial charge in [0.05, 0.1) is 24.4 Å². The van der Waals surface area contributed by atoms with Gasteiger partial charge >= 0.3 is 0 Å². The van der Waals surface area contributed by atoms with Crippen molar-refractivity contribution in [3.8, 4) is 5.75 Å². The van der Waals surface area contributed by atoms with Gasteiger partial charge in [0.2, 0.25) is 0 Å². The van der Waals surface area contributed by atoms with E-state index in [-0.39, 0.29) is 11.9 Å². The molecule has 1 aromatic carbocycles. The maximum atomic E-state index is 13.9. The first kappa shape index (κ1) is 21.0. The number of nitrogens with one attached hydrogen (secondary N) is 2. The lowest BCUT2D eigenvalue weighted by molar-refractivity contribution is -0.0269. The lowest BCUT2D eigenvalue weighted by Gasteiger charge is -2.19. The predicted molar refractivity (Wildman–Crippen MR) is 114 cm³/mol. The van der Waals surface area contributed by atoms with Crippen LogP contribution in [-0.4, -0.2) is 46.5 Å². The second kappa shape index (κ2) is 8.48. The van der Waals surface area contributed by atoms with Crippen molar-refractivity contribution in [1.29, 1.82) is 0 Å². The molecule has 1 atom stereocenters. The first-order valence-electron chi connectivity index (χ1n) is 9.92. The molecule has 0 fully saturated rings. The highest BCUT2D eigenvalue weighted by atomic mass is 19.1. The number of halogens is 1. The van der Waals surface area contributed by atoms with Crippen LogP contribution in [0.15, 0.2) is 41.7 Å². The van der Waals surface area contributed by atoms with Gasteiger partial charge in [0.25, 0.3) is 0 Å². The zero-order valence-electron chi connectivity index (χ0n) is 17.8. The van der Waals surface area contributed by atoms with E-state index in [4.69, 9.17) is 14.3 Å². The Morgan fingerprint density at radius 2 is 2.13 bits per heavy atom. The van der Waals surface area contributed by atoms with Crippen molar-refractivity contribution < 1.29 is 18.7 Å². The highest BCUT2D eigenvalue weighted by Gasteiger charge is 2.28. The number of hydrogen-bond acceptors (Lipinski definition) is 8. The summed E-state index contributed by atoms with van der Waals surface area (Å²) in [6.45, 7) is 6.44. The molecule has 3 aromatic rings. The largest absolute Gasteiger partial charge is 0.491 e. The minimum Gasteiger partial charge on any atom is -0.491 e. The van der Waals surface area contributed by atoms with Gasteiger partial charge in [-0.1, -0.05) is 0 Å². The first-order chi connectivity index (χ1) is 14.9. The highest BCUT2D eigenvalue weighted by molar-refractivity contribution is 6.03. The molecule has 1 unspecified atom stereocenters. The normalized spacial score (nSPS) is 16.1. The van der Waals surface area contributed by atoms with Crippen molar-refractivity contribution >= 4 is 17.3 Å². The van der Waals surface area contributed by atoms with Gasteiger partial charge < -0.3 is 14.8 Å². The summed E-state index contributed by atoms with van der Waals surface area (Å²) < 4.78 is 26.4. The van der Waals surface area contributed by atoms with Crippen LogP contribution in [-0.2, 0) is 9.57 Å². The molecule has 0 bridgehead atoms. The second-order valence-electron chi connectivity index (χ2n) is 7.64. The number of benzene rings is 1. The molecule has 0 saturated heterocycles. The van der Waals surface area contributed by atoms with Gasteiger partial charge in [-0.05, 0) is 45.0 Å². The third-order valence-corrected chi connectivity index (χ3v) is 4.75. The van der Waals surface area contributed by atoms with Gasteiger partial charge in [0.15, 0.2) is 17.2 Å². The number of anilines is 1. The molecule has 10 heteroatoms. The number of aliphatic imine (C=N–C) groups is 1. The van der Waals surface area contributed by atoms with E-state index in [1.54, 1.807) is 36.2 Å². The number of fused-ring (bicyclic) bond motifs is 1. The Morgan fingerprint density at radius 3 is 2.87 bits per heavy atom. The van der Waals surface area contributed by atoms with Crippen molar-refractivity contribution in [2.75, 3.05) is 25.6 Å². The Bertz CT molecular complexity index is 1110. The fourth-order valence-electron chi connectivity index (χ4n) is 3.24. The third kappa shape index (κ3) is 4.59. The zero-order valence-corrected chi connectivity index (χ0v) is 17.8. The standard InChI is InChI=1S/C21H25FN6O3/c1-13(15-11-14(22)5-6-17(15)30-10-9-29-4)24-18-7-8-28-20(25-18)16(12-23-28)19-26-21(2,3)31-27-19/h5-8,11-13H,9-10H2,1-4H3,(H,24,25)(H,26,27). The zero-order chi connectivity index (χ0) is 22.0. The number of ether oxygens (including phenoxy) is 2. The smallest absolute Gasteiger partial charge is 0.182 e. The maximum absolute atomic E-state index is 13.9. The molecule has 0 aliphatic carbocycles. The van der Waals surface area contributed by atoms with Crippen LogP contribution < -0.4 is 15.5 Å². The molecule has 0 saturated carbocycles. The Hall–Kier alpha value is -3.24. The minimum atomic E-state index is -0.662. The minimum absolute atomic E-state index is 0.265. The Labute approximate surface area is 179 Å². The summed E-state index contributed by atoms with van der Waals surface area (Å²) >= 11 is 0. The number of hydrogen-bond donors (Lipinski definition) is 2. The second-order valence-corrected chi connectivity index (χ2v) is 7.64. The average Bonchev–Trinajstić information content (AvgIpc) is 3.31. The van der Waals surface area contributed by atoms with E-state index in [2.05, 4.69) is 25.9 Å². The van der Waals surface area contributed by atoms with E-state index < -0.39 is 5.72 Å². The van der Waals surface area contributed by atoms with E-state index in [1.807, 2.05) is 20.8 Å². The van der Waals surface area contributed by atoms with E-state index in [1.165, 1.54) is 12.1 Å². The van der Waals surface area contributed by atoms with Crippen LogP contribution in [0.2, 0.25) is 0 Å². The van der Waals surface area contributed by atoms with Crippen LogP contribution in [0.5, 0.6) is 5.75 Å². The molecule has 0 spiro atoms. The van der Waals surface area contributed by atoms with Crippen molar-refractivity contribution in [1.82, 2.24) is 20.1 Å². The molecule has 3 heterocycles. The van der Waals surface area contributed by atoms with Crippen LogP contribution in [0.25, 0.3) is 5.65 Å². The van der Waals surface area contributed by atoms with Gasteiger partial charge in [-0.15, -0.1) is 0 Å². The monoisotopic (exact) mass is 428 g/mol. The van der Waals surface area contributed by atoms with Crippen molar-refractivity contribution in [3.63, 3.8) is 0 Å². The summed E-state index contributed by atoms with van der Waals surface area (Å²) in [6, 6.07) is 5.99. The molecule has 0 radical (unpaired) electrons. The number of hydroxylamine groups is 1. The van der Waals surface area contributed by atoms with Crippen LogP contribution in [0.3, 0.4) is 0 Å². The molecule has 1 aliphatic rings. The Balaban J connectivity index is 1.59. The SMILES string of the molecule is COCCOc1ccc(F)cc1C(C)Nc1ccn2ncc(C3=NC(C)(C)ON3)c2n1. The molecule has 0 amide bonds. The molecule has 9 nitrogen and oxygen atoms in total. The third-order valence-electron chi connectivity index (χ3n) is 4.75.